The molecule has 33 heteroatoms. The van der Waals surface area contributed by atoms with Crippen LogP contribution in [0.4, 0.5) is 22.7 Å². The number of aliphatic imine (C=N–C) groups is 1. The van der Waals surface area contributed by atoms with Crippen molar-refractivity contribution in [3.63, 3.8) is 0 Å². The number of aryl methyl sites for hydroxylation is 1. The Morgan fingerprint density at radius 1 is 0.757 bits per heavy atom. The number of carbonyl (C=O) groups excluding carboxylic acids is 4. The highest BCUT2D eigenvalue weighted by atomic mass is 35.5. The van der Waals surface area contributed by atoms with E-state index in [-0.39, 0.29) is 93.4 Å². The average molecular weight is 1560 g/mol. The van der Waals surface area contributed by atoms with Crippen molar-refractivity contribution in [2.24, 2.45) is 4.99 Å². The van der Waals surface area contributed by atoms with Crippen molar-refractivity contribution < 1.29 is 52.1 Å². The Morgan fingerprint density at radius 3 is 1.98 bits per heavy atom. The number of fused-ring (bicyclic) bond motifs is 2. The number of carbonyl (C=O) groups is 5. The molecule has 8 N–H and O–H groups in total. The summed E-state index contributed by atoms with van der Waals surface area (Å²) in [5, 5.41) is 50.9. The first-order chi connectivity index (χ1) is 48.0. The van der Waals surface area contributed by atoms with Gasteiger partial charge in [0, 0.05) is 46.0 Å². The Kier molecular flexibility index (Phi) is 27.3. The van der Waals surface area contributed by atoms with Crippen molar-refractivity contribution >= 4 is 149 Å². The number of unbranched alkanes of at least 4 members (excludes halogenated alkanes) is 5. The zero-order valence-electron chi connectivity index (χ0n) is 60.1. The number of amidine groups is 1. The van der Waals surface area contributed by atoms with Crippen LogP contribution >= 0.6 is 69.6 Å². The summed E-state index contributed by atoms with van der Waals surface area (Å²) < 4.78 is 42.9. The highest BCUT2D eigenvalue weighted by molar-refractivity contribution is 7.92. The summed E-state index contributed by atoms with van der Waals surface area (Å²) in [5.74, 6) is -0.00261. The molecule has 0 spiro atoms. The van der Waals surface area contributed by atoms with Gasteiger partial charge in [-0.1, -0.05) is 176 Å². The van der Waals surface area contributed by atoms with Gasteiger partial charge in [-0.3, -0.25) is 44.3 Å². The number of amides is 4. The van der Waals surface area contributed by atoms with Gasteiger partial charge >= 0.3 is 5.97 Å². The number of nitrogens with one attached hydrogen (secondary N) is 6. The number of aliphatic carboxylic acids is 1. The highest BCUT2D eigenvalue weighted by Crippen LogP contribution is 2.41. The molecular formula is C70H89Cl6N15O11S. The lowest BCUT2D eigenvalue weighted by molar-refractivity contribution is -0.141. The van der Waals surface area contributed by atoms with Crippen LogP contribution in [-0.2, 0) is 50.2 Å². The summed E-state index contributed by atoms with van der Waals surface area (Å²) in [6.07, 6.45) is 4.80. The molecule has 5 heterocycles. The number of halogens is 6. The molecule has 1 aliphatic heterocycles. The number of H-pyrrole nitrogens is 2. The van der Waals surface area contributed by atoms with Crippen LogP contribution in [-0.4, -0.2) is 130 Å². The molecule has 1 aliphatic rings. The molecule has 0 bridgehead atoms. The third-order valence-electron chi connectivity index (χ3n) is 17.2. The van der Waals surface area contributed by atoms with E-state index in [4.69, 9.17) is 84.2 Å². The number of nitrogens with zero attached hydrogens (tertiary/aromatic N) is 9. The number of aromatic nitrogens is 8. The van der Waals surface area contributed by atoms with E-state index in [0.717, 1.165) is 37.1 Å². The first-order valence-electron chi connectivity index (χ1n) is 33.2. The molecule has 4 aromatic carbocycles. The molecule has 4 aromatic heterocycles. The number of carboxylic acids is 1. The van der Waals surface area contributed by atoms with Crippen LogP contribution in [0.25, 0.3) is 11.3 Å². The number of hydrogen-bond donors (Lipinski definition) is 8. The van der Waals surface area contributed by atoms with Crippen molar-refractivity contribution in [2.45, 2.75) is 189 Å². The minimum absolute atomic E-state index is 0.0381. The maximum atomic E-state index is 13.1. The number of carboxylic acid groups (broad SMARTS) is 1. The maximum absolute atomic E-state index is 13.1. The number of hydrazine groups is 1. The van der Waals surface area contributed by atoms with E-state index in [2.05, 4.69) is 84.1 Å². The van der Waals surface area contributed by atoms with Crippen molar-refractivity contribution in [3.8, 4) is 17.2 Å². The number of sulfonamides is 1. The second-order valence-electron chi connectivity index (χ2n) is 28.0. The molecule has 558 valence electrons. The standard InChI is InChI=1S/C30H47ClN6O4S.C25H20Cl4N4O4.C15H22ClN5O3/c1-9-10-11-12-13-16-19-42(39,40)36-21-17-14-15-18-22(21)41-20-23(38)32-30(7,8)29(5,6)27-34-33-26-24(31)25(28(2,3)4)35-37(26)27;1-12-7-16(4-6-21(12)34)37-13(2)25(36)30-15-3-5-17(27)20(10-15)31-22-11-23(35)33(32-22)24-18(28)8-14(26)9-19(24)29;1-8(20(5)9(22)6-7-10(23)24)13-17-18-14-11(16)12(15(2,3)4)19-21(13)14/h14-15,17-18,35-36H,9-13,16,19-20H2,1-8H3,(H,32,38);3-10,13,34H,11H2,1-2H3,(H,30,36)(H,31,32);8,19H,6-7H2,1-5H3,(H,23,24). The average Bonchev–Trinajstić information content (AvgIpc) is 1.61. The molecule has 4 amide bonds. The summed E-state index contributed by atoms with van der Waals surface area (Å²) in [5.41, 5.74) is 5.67. The van der Waals surface area contributed by atoms with Crippen molar-refractivity contribution in [2.75, 3.05) is 34.5 Å². The van der Waals surface area contributed by atoms with Crippen molar-refractivity contribution in [1.82, 2.24) is 55.3 Å². The molecule has 8 aromatic rings. The van der Waals surface area contributed by atoms with Gasteiger partial charge in [0.05, 0.1) is 62.5 Å². The van der Waals surface area contributed by atoms with Crippen molar-refractivity contribution in [3.05, 3.63) is 132 Å². The summed E-state index contributed by atoms with van der Waals surface area (Å²) in [7, 11) is -1.93. The van der Waals surface area contributed by atoms with Gasteiger partial charge in [0.2, 0.25) is 15.9 Å². The van der Waals surface area contributed by atoms with Gasteiger partial charge in [-0.2, -0.15) is 0 Å². The molecule has 0 saturated carbocycles. The molecule has 2 unspecified atom stereocenters. The third-order valence-corrected chi connectivity index (χ3v) is 20.4. The highest BCUT2D eigenvalue weighted by Gasteiger charge is 2.44. The SMILES string of the molecule is CC(c1nnc2c(Cl)c(C(C)(C)C)[nH]n12)N(C)C(=O)CCC(=O)O.CCCCCCCCS(=O)(=O)Nc1ccccc1OCC(=O)NC(C)(C)C(C)(C)c1nnc2c(Cl)c(C(C)(C)C)[nH]n12.Cc1cc(OC(C)C(=O)Nc2ccc(Cl)c(N=C3CC(=O)N(c4c(Cl)cc(Cl)cc4Cl)N3)c2)ccc1O. The van der Waals surface area contributed by atoms with Crippen molar-refractivity contribution in [1.29, 1.82) is 0 Å². The fourth-order valence-corrected chi connectivity index (χ4v) is 13.7. The number of hydrogen-bond acceptors (Lipinski definition) is 15. The summed E-state index contributed by atoms with van der Waals surface area (Å²) in [6, 6.07) is 18.8. The van der Waals surface area contributed by atoms with E-state index in [0.29, 0.717) is 83.7 Å². The summed E-state index contributed by atoms with van der Waals surface area (Å²) >= 11 is 37.8. The molecule has 0 radical (unpaired) electrons. The Balaban J connectivity index is 0.000000224. The Bertz CT molecular complexity index is 4530. The number of anilines is 3. The zero-order chi connectivity index (χ0) is 76.4. The van der Waals surface area contributed by atoms with Crippen LogP contribution in [0, 0.1) is 6.92 Å². The van der Waals surface area contributed by atoms with Gasteiger partial charge in [0.15, 0.2) is 35.7 Å². The first kappa shape index (κ1) is 82.2. The lowest BCUT2D eigenvalue weighted by atomic mass is 9.73. The Labute approximate surface area is 629 Å². The maximum Gasteiger partial charge on any atom is 0.303 e. The summed E-state index contributed by atoms with van der Waals surface area (Å²) in [4.78, 5) is 67.1. The lowest BCUT2D eigenvalue weighted by Gasteiger charge is -2.40. The number of para-hydroxylation sites is 2. The number of rotatable bonds is 26. The largest absolute Gasteiger partial charge is 0.508 e. The van der Waals surface area contributed by atoms with E-state index in [1.165, 1.54) is 34.5 Å². The molecule has 2 atom stereocenters. The van der Waals surface area contributed by atoms with Gasteiger partial charge < -0.3 is 35.2 Å². The van der Waals surface area contributed by atoms with Crippen LogP contribution in [0.1, 0.15) is 182 Å². The Hall–Kier alpha value is -8.05. The van der Waals surface area contributed by atoms with Crippen LogP contribution < -0.4 is 35.3 Å². The second kappa shape index (κ2) is 34.2. The topological polar surface area (TPSA) is 337 Å². The van der Waals surface area contributed by atoms with Crippen LogP contribution in [0.5, 0.6) is 17.2 Å². The minimum Gasteiger partial charge on any atom is -0.508 e. The van der Waals surface area contributed by atoms with Gasteiger partial charge in [0.1, 0.15) is 38.8 Å². The predicted octanol–water partition coefficient (Wildman–Crippen LogP) is 15.4. The number of ether oxygens (including phenoxy) is 2. The molecule has 1 saturated heterocycles. The minimum atomic E-state index is -3.55. The molecule has 103 heavy (non-hydrogen) atoms. The third kappa shape index (κ3) is 20.9. The van der Waals surface area contributed by atoms with Crippen LogP contribution in [0.3, 0.4) is 0 Å². The quantitative estimate of drug-likeness (QED) is 0.0234. The van der Waals surface area contributed by atoms with E-state index in [1.54, 1.807) is 91.4 Å². The number of aromatic amines is 2. The molecule has 0 aliphatic carbocycles. The molecule has 1 fully saturated rings. The van der Waals surface area contributed by atoms with Crippen LogP contribution in [0.2, 0.25) is 30.1 Å². The van der Waals surface area contributed by atoms with Gasteiger partial charge in [0.25, 0.3) is 17.7 Å². The van der Waals surface area contributed by atoms with Crippen LogP contribution in [0.15, 0.2) is 77.8 Å². The molecule has 9 rings (SSSR count). The zero-order valence-corrected chi connectivity index (χ0v) is 65.5. The predicted molar refractivity (Wildman–Crippen MR) is 405 cm³/mol. The van der Waals surface area contributed by atoms with E-state index in [1.807, 2.05) is 48.5 Å². The summed E-state index contributed by atoms with van der Waals surface area (Å²) in [6.45, 7) is 27.0. The van der Waals surface area contributed by atoms with E-state index in [9.17, 15) is 37.5 Å². The first-order valence-corrected chi connectivity index (χ1v) is 37.1. The number of aromatic hydroxyl groups is 1. The fraction of sp³-hybridized carbons (Fsp3) is 0.457. The molecule has 26 nitrogen and oxygen atoms in total. The van der Waals surface area contributed by atoms with Gasteiger partial charge in [-0.25, -0.2) is 27.4 Å². The van der Waals surface area contributed by atoms with Gasteiger partial charge in [-0.05, 0) is 107 Å². The normalized spacial score (nSPS) is 13.8. The van der Waals surface area contributed by atoms with E-state index >= 15 is 0 Å². The number of phenolic OH excluding ortho intramolecular Hbond substituents is 1. The monoisotopic (exact) mass is 1560 g/mol. The fourth-order valence-electron chi connectivity index (χ4n) is 10.5. The second-order valence-corrected chi connectivity index (χ2v) is 32.3. The number of phenols is 1. The number of benzene rings is 4. The molecular weight excluding hydrogens is 1470 g/mol. The smallest absolute Gasteiger partial charge is 0.303 e. The lowest BCUT2D eigenvalue weighted by Crippen LogP contribution is -2.57. The Morgan fingerprint density at radius 2 is 1.36 bits per heavy atom. The van der Waals surface area contributed by atoms with E-state index < -0.39 is 39.0 Å². The van der Waals surface area contributed by atoms with Gasteiger partial charge in [-0.15, -0.1) is 20.4 Å².